The van der Waals surface area contributed by atoms with Gasteiger partial charge in [0.15, 0.2) is 5.76 Å². The van der Waals surface area contributed by atoms with Crippen LogP contribution in [0.4, 0.5) is 0 Å². The Kier molecular flexibility index (Phi) is 10.2. The van der Waals surface area contributed by atoms with Crippen molar-refractivity contribution in [3.05, 3.63) is 60.6 Å². The van der Waals surface area contributed by atoms with E-state index in [2.05, 4.69) is 63.9 Å². The first-order valence-corrected chi connectivity index (χ1v) is 14.2. The molecule has 0 fully saturated rings. The van der Waals surface area contributed by atoms with Crippen LogP contribution in [-0.2, 0) is 16.0 Å². The fourth-order valence-corrected chi connectivity index (χ4v) is 5.79. The zero-order valence-electron chi connectivity index (χ0n) is 21.5. The zero-order valence-corrected chi connectivity index (χ0v) is 25.8. The molecule has 0 saturated heterocycles. The number of halogens is 2. The number of furan rings is 1. The van der Waals surface area contributed by atoms with Crippen molar-refractivity contribution >= 4 is 67.7 Å². The standard InChI is InChI=1S/C28H33I2NO5/c1-6-31(7-2)12-13-34-27-21(29)14-18(15-22(27)30)25(33)26-20-11-9-8-10-19(20)23(36-26)16-24(32)35-17-28(3,4)5/h8-11,14-15H,6-7,12-13,16-17H2,1-5H3. The number of carbonyl (C=O) groups excluding carboxylic acids is 2. The van der Waals surface area contributed by atoms with Gasteiger partial charge in [-0.25, -0.2) is 0 Å². The maximum Gasteiger partial charge on any atom is 0.313 e. The number of esters is 1. The Labute approximate surface area is 240 Å². The minimum atomic E-state index is -0.376. The van der Waals surface area contributed by atoms with E-state index >= 15 is 0 Å². The van der Waals surface area contributed by atoms with E-state index in [0.29, 0.717) is 29.9 Å². The van der Waals surface area contributed by atoms with E-state index in [4.69, 9.17) is 13.9 Å². The maximum atomic E-state index is 13.5. The number of rotatable bonds is 11. The summed E-state index contributed by atoms with van der Waals surface area (Å²) in [7, 11) is 0. The Morgan fingerprint density at radius 2 is 1.61 bits per heavy atom. The molecular weight excluding hydrogens is 684 g/mol. The van der Waals surface area contributed by atoms with Crippen molar-refractivity contribution < 1.29 is 23.5 Å². The van der Waals surface area contributed by atoms with Crippen LogP contribution in [0.15, 0.2) is 40.8 Å². The molecular formula is C28H33I2NO5. The first kappa shape index (κ1) is 28.9. The van der Waals surface area contributed by atoms with Crippen molar-refractivity contribution in [3.63, 3.8) is 0 Å². The Balaban J connectivity index is 1.83. The molecule has 0 aliphatic carbocycles. The first-order valence-electron chi connectivity index (χ1n) is 12.1. The van der Waals surface area contributed by atoms with E-state index in [1.54, 1.807) is 0 Å². The summed E-state index contributed by atoms with van der Waals surface area (Å²) in [5.41, 5.74) is 0.388. The lowest BCUT2D eigenvalue weighted by Crippen LogP contribution is -2.28. The summed E-state index contributed by atoms with van der Waals surface area (Å²) >= 11 is 4.41. The van der Waals surface area contributed by atoms with Gasteiger partial charge < -0.3 is 18.8 Å². The normalized spacial score (nSPS) is 11.8. The third-order valence-electron chi connectivity index (χ3n) is 5.68. The number of fused-ring (bicyclic) bond motifs is 1. The molecule has 0 N–H and O–H groups in total. The Bertz CT molecular complexity index is 1200. The second kappa shape index (κ2) is 12.7. The predicted octanol–water partition coefficient (Wildman–Crippen LogP) is 6.73. The van der Waals surface area contributed by atoms with Gasteiger partial charge in [-0.15, -0.1) is 0 Å². The molecule has 1 aromatic heterocycles. The lowest BCUT2D eigenvalue weighted by molar-refractivity contribution is -0.145. The minimum absolute atomic E-state index is 0.0295. The van der Waals surface area contributed by atoms with Gasteiger partial charge in [-0.05, 0) is 75.8 Å². The van der Waals surface area contributed by atoms with E-state index in [1.807, 2.05) is 57.2 Å². The summed E-state index contributed by atoms with van der Waals surface area (Å²) in [6, 6.07) is 11.1. The Hall–Kier alpha value is -1.66. The van der Waals surface area contributed by atoms with Crippen LogP contribution >= 0.6 is 45.2 Å². The molecule has 0 atom stereocenters. The summed E-state index contributed by atoms with van der Waals surface area (Å²) in [4.78, 5) is 28.3. The highest BCUT2D eigenvalue weighted by Crippen LogP contribution is 2.33. The van der Waals surface area contributed by atoms with Crippen LogP contribution in [0.3, 0.4) is 0 Å². The van der Waals surface area contributed by atoms with E-state index in [0.717, 1.165) is 37.9 Å². The van der Waals surface area contributed by atoms with Crippen LogP contribution in [0.2, 0.25) is 0 Å². The number of ketones is 1. The summed E-state index contributed by atoms with van der Waals surface area (Å²) in [6.07, 6.45) is -0.0295. The largest absolute Gasteiger partial charge is 0.490 e. The molecule has 0 unspecified atom stereocenters. The fourth-order valence-electron chi connectivity index (χ4n) is 3.71. The topological polar surface area (TPSA) is 69.0 Å². The highest BCUT2D eigenvalue weighted by Gasteiger charge is 2.24. The average molecular weight is 717 g/mol. The molecule has 0 aliphatic rings. The lowest BCUT2D eigenvalue weighted by atomic mass is 9.99. The fraction of sp³-hybridized carbons (Fsp3) is 0.429. The van der Waals surface area contributed by atoms with Crippen LogP contribution in [-0.4, -0.2) is 49.5 Å². The first-order chi connectivity index (χ1) is 17.0. The molecule has 0 radical (unpaired) electrons. The van der Waals surface area contributed by atoms with Crippen molar-refractivity contribution in [3.8, 4) is 5.75 Å². The second-order valence-electron chi connectivity index (χ2n) is 9.77. The molecule has 3 aromatic rings. The molecule has 8 heteroatoms. The van der Waals surface area contributed by atoms with Gasteiger partial charge in [0.1, 0.15) is 24.5 Å². The van der Waals surface area contributed by atoms with Gasteiger partial charge in [-0.1, -0.05) is 58.9 Å². The molecule has 1 heterocycles. The van der Waals surface area contributed by atoms with Gasteiger partial charge >= 0.3 is 5.97 Å². The van der Waals surface area contributed by atoms with Crippen LogP contribution in [0.25, 0.3) is 10.8 Å². The molecule has 194 valence electrons. The van der Waals surface area contributed by atoms with Crippen LogP contribution < -0.4 is 4.74 Å². The number of carbonyl (C=O) groups is 2. The minimum Gasteiger partial charge on any atom is -0.490 e. The molecule has 3 rings (SSSR count). The van der Waals surface area contributed by atoms with E-state index in [-0.39, 0.29) is 29.3 Å². The van der Waals surface area contributed by atoms with Crippen molar-refractivity contribution in [1.29, 1.82) is 0 Å². The number of benzene rings is 2. The summed E-state index contributed by atoms with van der Waals surface area (Å²) < 4.78 is 19.2. The van der Waals surface area contributed by atoms with Gasteiger partial charge in [0.05, 0.1) is 13.7 Å². The van der Waals surface area contributed by atoms with Crippen molar-refractivity contribution in [1.82, 2.24) is 4.90 Å². The van der Waals surface area contributed by atoms with Crippen molar-refractivity contribution in [2.24, 2.45) is 5.41 Å². The highest BCUT2D eigenvalue weighted by molar-refractivity contribution is 14.1. The third kappa shape index (κ3) is 7.44. The lowest BCUT2D eigenvalue weighted by Gasteiger charge is -2.19. The highest BCUT2D eigenvalue weighted by atomic mass is 127. The number of hydrogen-bond acceptors (Lipinski definition) is 6. The van der Waals surface area contributed by atoms with Gasteiger partial charge in [0.2, 0.25) is 5.78 Å². The van der Waals surface area contributed by atoms with E-state index in [9.17, 15) is 9.59 Å². The third-order valence-corrected chi connectivity index (χ3v) is 7.29. The summed E-state index contributed by atoms with van der Waals surface area (Å²) in [6.45, 7) is 14.0. The molecule has 0 bridgehead atoms. The molecule has 0 saturated carbocycles. The second-order valence-corrected chi connectivity index (χ2v) is 12.1. The summed E-state index contributed by atoms with van der Waals surface area (Å²) in [5.74, 6) is 0.843. The Morgan fingerprint density at radius 3 is 2.19 bits per heavy atom. The van der Waals surface area contributed by atoms with Crippen molar-refractivity contribution in [2.45, 2.75) is 41.0 Å². The number of likely N-dealkylation sites (N-methyl/N-ethyl adjacent to an activating group) is 1. The molecule has 0 aliphatic heterocycles. The molecule has 0 spiro atoms. The average Bonchev–Trinajstić information content (AvgIpc) is 3.19. The Morgan fingerprint density at radius 1 is 1.00 bits per heavy atom. The monoisotopic (exact) mass is 717 g/mol. The van der Waals surface area contributed by atoms with E-state index < -0.39 is 0 Å². The summed E-state index contributed by atoms with van der Waals surface area (Å²) in [5, 5.41) is 1.43. The van der Waals surface area contributed by atoms with Crippen LogP contribution in [0.5, 0.6) is 5.75 Å². The quantitative estimate of drug-likeness (QED) is 0.125. The maximum absolute atomic E-state index is 13.5. The number of ether oxygens (including phenoxy) is 2. The zero-order chi connectivity index (χ0) is 26.5. The molecule has 2 aromatic carbocycles. The SMILES string of the molecule is CCN(CC)CCOc1c(I)cc(C(=O)c2oc(CC(=O)OCC(C)(C)C)c3ccccc23)cc1I. The van der Waals surface area contributed by atoms with Crippen LogP contribution in [0.1, 0.15) is 56.5 Å². The molecule has 36 heavy (non-hydrogen) atoms. The molecule has 0 amide bonds. The van der Waals surface area contributed by atoms with Gasteiger partial charge in [-0.2, -0.15) is 0 Å². The molecule has 6 nitrogen and oxygen atoms in total. The van der Waals surface area contributed by atoms with Gasteiger partial charge in [-0.3, -0.25) is 9.59 Å². The smallest absolute Gasteiger partial charge is 0.313 e. The number of hydrogen-bond donors (Lipinski definition) is 0. The van der Waals surface area contributed by atoms with Crippen LogP contribution in [0, 0.1) is 12.6 Å². The number of nitrogens with zero attached hydrogens (tertiary/aromatic N) is 1. The van der Waals surface area contributed by atoms with Gasteiger partial charge in [0.25, 0.3) is 0 Å². The van der Waals surface area contributed by atoms with E-state index in [1.165, 1.54) is 0 Å². The predicted molar refractivity (Wildman–Crippen MR) is 159 cm³/mol. The van der Waals surface area contributed by atoms with Gasteiger partial charge in [0, 0.05) is 22.9 Å². The van der Waals surface area contributed by atoms with Crippen molar-refractivity contribution in [2.75, 3.05) is 32.8 Å².